The number of ether oxygens (including phenoxy) is 1. The molecule has 2 aromatic carbocycles. The van der Waals surface area contributed by atoms with Crippen molar-refractivity contribution in [2.75, 3.05) is 32.6 Å². The minimum atomic E-state index is -0.749. The van der Waals surface area contributed by atoms with Crippen LogP contribution in [0.15, 0.2) is 42.5 Å². The summed E-state index contributed by atoms with van der Waals surface area (Å²) in [5.74, 6) is -1.51. The van der Waals surface area contributed by atoms with Crippen LogP contribution in [0.3, 0.4) is 0 Å². The number of hydrogen-bond donors (Lipinski definition) is 2. The lowest BCUT2D eigenvalue weighted by Gasteiger charge is -2.11. The number of nitro benzene ring substituents is 1. The first kappa shape index (κ1) is 23.5. The number of carbonyl (C=O) groups excluding carboxylic acids is 3. The maximum Gasteiger partial charge on any atom is 0.338 e. The number of nitro groups is 1. The highest BCUT2D eigenvalue weighted by molar-refractivity contribution is 5.99. The molecule has 2 N–H and O–H groups in total. The van der Waals surface area contributed by atoms with Crippen molar-refractivity contribution in [2.24, 2.45) is 0 Å². The average molecular weight is 428 g/mol. The molecule has 0 saturated heterocycles. The summed E-state index contributed by atoms with van der Waals surface area (Å²) < 4.78 is 4.86. The second-order valence-electron chi connectivity index (χ2n) is 6.92. The first-order valence-electron chi connectivity index (χ1n) is 9.48. The van der Waals surface area contributed by atoms with Gasteiger partial charge in [-0.25, -0.2) is 4.79 Å². The molecule has 2 amide bonds. The van der Waals surface area contributed by atoms with Crippen molar-refractivity contribution >= 4 is 29.2 Å². The number of rotatable bonds is 9. The number of non-ortho nitro benzene ring substituents is 1. The highest BCUT2D eigenvalue weighted by atomic mass is 16.6. The van der Waals surface area contributed by atoms with Crippen molar-refractivity contribution in [3.63, 3.8) is 0 Å². The molecule has 0 unspecified atom stereocenters. The first-order valence-corrected chi connectivity index (χ1v) is 9.48. The third-order valence-corrected chi connectivity index (χ3v) is 4.03. The van der Waals surface area contributed by atoms with Crippen LogP contribution in [0.25, 0.3) is 0 Å². The molecule has 164 valence electrons. The summed E-state index contributed by atoms with van der Waals surface area (Å²) in [5, 5.41) is 16.6. The van der Waals surface area contributed by atoms with Crippen LogP contribution in [0.4, 0.5) is 11.4 Å². The van der Waals surface area contributed by atoms with E-state index in [1.807, 2.05) is 0 Å². The van der Waals surface area contributed by atoms with Crippen LogP contribution in [0.2, 0.25) is 0 Å². The van der Waals surface area contributed by atoms with Crippen LogP contribution in [-0.4, -0.2) is 54.9 Å². The molecule has 0 aliphatic carbocycles. The molecule has 2 rings (SSSR count). The number of anilines is 1. The van der Waals surface area contributed by atoms with Gasteiger partial charge in [0.2, 0.25) is 5.91 Å². The topological polar surface area (TPSA) is 131 Å². The van der Waals surface area contributed by atoms with E-state index in [1.165, 1.54) is 6.07 Å². The number of likely N-dealkylation sites (N-methyl/N-ethyl adjacent to an activating group) is 1. The van der Waals surface area contributed by atoms with Crippen molar-refractivity contribution in [1.82, 2.24) is 10.2 Å². The van der Waals surface area contributed by atoms with Crippen LogP contribution in [-0.2, 0) is 16.1 Å². The van der Waals surface area contributed by atoms with E-state index in [1.54, 1.807) is 50.2 Å². The quantitative estimate of drug-likeness (QED) is 0.356. The van der Waals surface area contributed by atoms with Gasteiger partial charge < -0.3 is 20.3 Å². The zero-order valence-electron chi connectivity index (χ0n) is 17.5. The molecule has 0 spiro atoms. The van der Waals surface area contributed by atoms with Crippen molar-refractivity contribution in [3.8, 4) is 0 Å². The molecule has 31 heavy (non-hydrogen) atoms. The first-order chi connectivity index (χ1) is 14.7. The monoisotopic (exact) mass is 428 g/mol. The summed E-state index contributed by atoms with van der Waals surface area (Å²) in [7, 11) is 3.57. The van der Waals surface area contributed by atoms with Crippen LogP contribution < -0.4 is 10.6 Å². The minimum Gasteiger partial charge on any atom is -0.462 e. The van der Waals surface area contributed by atoms with Gasteiger partial charge in [-0.3, -0.25) is 19.7 Å². The van der Waals surface area contributed by atoms with Gasteiger partial charge in [-0.05, 0) is 44.8 Å². The SMILES string of the molecule is CCOC(=O)c1cc(C(=O)NCc2cccc(NC(=O)CN(C)C)c2)cc([N+](=O)[O-])c1. The van der Waals surface area contributed by atoms with E-state index in [-0.39, 0.29) is 42.4 Å². The molecule has 0 atom stereocenters. The second-order valence-corrected chi connectivity index (χ2v) is 6.92. The van der Waals surface area contributed by atoms with E-state index in [0.717, 1.165) is 12.1 Å². The zero-order valence-corrected chi connectivity index (χ0v) is 17.5. The van der Waals surface area contributed by atoms with Crippen LogP contribution in [0, 0.1) is 10.1 Å². The van der Waals surface area contributed by atoms with Gasteiger partial charge in [-0.15, -0.1) is 0 Å². The molecular weight excluding hydrogens is 404 g/mol. The van der Waals surface area contributed by atoms with Crippen molar-refractivity contribution < 1.29 is 24.0 Å². The Morgan fingerprint density at radius 3 is 2.45 bits per heavy atom. The van der Waals surface area contributed by atoms with Gasteiger partial charge >= 0.3 is 5.97 Å². The molecule has 0 heterocycles. The summed E-state index contributed by atoms with van der Waals surface area (Å²) in [5.41, 5.74) is 0.798. The number of carbonyl (C=O) groups is 3. The van der Waals surface area contributed by atoms with Crippen LogP contribution >= 0.6 is 0 Å². The largest absolute Gasteiger partial charge is 0.462 e. The summed E-state index contributed by atoms with van der Waals surface area (Å²) in [6.45, 7) is 2.06. The Kier molecular flexibility index (Phi) is 8.21. The van der Waals surface area contributed by atoms with Crippen molar-refractivity contribution in [1.29, 1.82) is 0 Å². The van der Waals surface area contributed by atoms with Gasteiger partial charge in [0.15, 0.2) is 0 Å². The van der Waals surface area contributed by atoms with Gasteiger partial charge in [0, 0.05) is 29.9 Å². The molecule has 0 aliphatic heterocycles. The van der Waals surface area contributed by atoms with Crippen molar-refractivity contribution in [3.05, 3.63) is 69.3 Å². The predicted octanol–water partition coefficient (Wildman–Crippen LogP) is 2.20. The van der Waals surface area contributed by atoms with Gasteiger partial charge in [0.25, 0.3) is 11.6 Å². The minimum absolute atomic E-state index is 0.0345. The maximum atomic E-state index is 12.5. The Balaban J connectivity index is 2.12. The van der Waals surface area contributed by atoms with Gasteiger partial charge in [0.1, 0.15) is 0 Å². The summed E-state index contributed by atoms with van der Waals surface area (Å²) >= 11 is 0. The number of benzene rings is 2. The molecule has 0 bridgehead atoms. The van der Waals surface area contributed by atoms with Gasteiger partial charge in [-0.1, -0.05) is 12.1 Å². The molecule has 0 saturated carbocycles. The molecule has 0 radical (unpaired) electrons. The fraction of sp³-hybridized carbons (Fsp3) is 0.286. The van der Waals surface area contributed by atoms with Crippen LogP contribution in [0.5, 0.6) is 0 Å². The Hall–Kier alpha value is -3.79. The summed E-state index contributed by atoms with van der Waals surface area (Å²) in [4.78, 5) is 48.6. The standard InChI is InChI=1S/C21H24N4O6/c1-4-31-21(28)16-9-15(10-18(11-16)25(29)30)20(27)22-12-14-6-5-7-17(8-14)23-19(26)13-24(2)3/h5-11H,4,12-13H2,1-3H3,(H,22,27)(H,23,26). The lowest BCUT2D eigenvalue weighted by Crippen LogP contribution is -2.27. The molecule has 0 fully saturated rings. The van der Waals surface area contributed by atoms with E-state index in [4.69, 9.17) is 4.74 Å². The number of nitrogens with zero attached hydrogens (tertiary/aromatic N) is 2. The van der Waals surface area contributed by atoms with Crippen molar-refractivity contribution in [2.45, 2.75) is 13.5 Å². The molecule has 2 aromatic rings. The van der Waals surface area contributed by atoms with Gasteiger partial charge in [0.05, 0.1) is 23.6 Å². The Morgan fingerprint density at radius 1 is 1.10 bits per heavy atom. The lowest BCUT2D eigenvalue weighted by atomic mass is 10.1. The molecule has 0 aromatic heterocycles. The smallest absolute Gasteiger partial charge is 0.338 e. The Morgan fingerprint density at radius 2 is 1.81 bits per heavy atom. The predicted molar refractivity (Wildman–Crippen MR) is 114 cm³/mol. The Bertz CT molecular complexity index is 990. The van der Waals surface area contributed by atoms with E-state index in [2.05, 4.69) is 10.6 Å². The average Bonchev–Trinajstić information content (AvgIpc) is 2.71. The number of amides is 2. The fourth-order valence-corrected chi connectivity index (χ4v) is 2.71. The maximum absolute atomic E-state index is 12.5. The fourth-order valence-electron chi connectivity index (χ4n) is 2.71. The number of nitrogens with one attached hydrogen (secondary N) is 2. The zero-order chi connectivity index (χ0) is 23.0. The third kappa shape index (κ3) is 7.19. The highest BCUT2D eigenvalue weighted by Gasteiger charge is 2.18. The van der Waals surface area contributed by atoms with E-state index < -0.39 is 16.8 Å². The third-order valence-electron chi connectivity index (χ3n) is 4.03. The second kappa shape index (κ2) is 10.8. The molecule has 10 nitrogen and oxygen atoms in total. The lowest BCUT2D eigenvalue weighted by molar-refractivity contribution is -0.384. The van der Waals surface area contributed by atoms with Crippen LogP contribution in [0.1, 0.15) is 33.2 Å². The van der Waals surface area contributed by atoms with Gasteiger partial charge in [-0.2, -0.15) is 0 Å². The van der Waals surface area contributed by atoms with E-state index in [0.29, 0.717) is 11.3 Å². The highest BCUT2D eigenvalue weighted by Crippen LogP contribution is 2.19. The molecule has 0 aliphatic rings. The summed E-state index contributed by atoms with van der Waals surface area (Å²) in [6.07, 6.45) is 0. The van der Waals surface area contributed by atoms with E-state index in [9.17, 15) is 24.5 Å². The normalized spacial score (nSPS) is 10.5. The number of hydrogen-bond acceptors (Lipinski definition) is 7. The summed E-state index contributed by atoms with van der Waals surface area (Å²) in [6, 6.07) is 10.3. The molecular formula is C21H24N4O6. The Labute approximate surface area is 179 Å². The number of esters is 1. The molecule has 10 heteroatoms. The van der Waals surface area contributed by atoms with E-state index >= 15 is 0 Å².